The number of nitrogens with zero attached hydrogens (tertiary/aromatic N) is 2. The molecule has 0 fully saturated rings. The van der Waals surface area contributed by atoms with E-state index in [0.29, 0.717) is 0 Å². The fourth-order valence-corrected chi connectivity index (χ4v) is 1.33. The van der Waals surface area contributed by atoms with Gasteiger partial charge in [0.25, 0.3) is 6.43 Å². The van der Waals surface area contributed by atoms with Gasteiger partial charge in [0.15, 0.2) is 0 Å². The van der Waals surface area contributed by atoms with Crippen LogP contribution in [0.5, 0.6) is 0 Å². The molecule has 0 unspecified atom stereocenters. The zero-order valence-electron chi connectivity index (χ0n) is 6.82. The fraction of sp³-hybridized carbons (Fsp3) is 0.222. The Labute approximate surface area is 73.8 Å². The lowest BCUT2D eigenvalue weighted by Crippen LogP contribution is -2.04. The molecule has 0 saturated heterocycles. The lowest BCUT2D eigenvalue weighted by molar-refractivity contribution is 0.128. The minimum Gasteiger partial charge on any atom is -0.340 e. The minimum atomic E-state index is -2.32. The fourth-order valence-electron chi connectivity index (χ4n) is 1.33. The third-order valence-corrected chi connectivity index (χ3v) is 1.87. The Morgan fingerprint density at radius 1 is 1.38 bits per heavy atom. The first-order valence-electron chi connectivity index (χ1n) is 3.95. The van der Waals surface area contributed by atoms with Crippen molar-refractivity contribution in [2.24, 2.45) is 0 Å². The van der Waals surface area contributed by atoms with Crippen LogP contribution in [0.2, 0.25) is 0 Å². The molecule has 2 aromatic heterocycles. The second-order valence-electron chi connectivity index (χ2n) is 2.77. The van der Waals surface area contributed by atoms with Crippen LogP contribution in [-0.2, 0) is 6.54 Å². The average Bonchev–Trinajstić information content (AvgIpc) is 2.48. The summed E-state index contributed by atoms with van der Waals surface area (Å²) in [6.45, 7) is -0.269. The third kappa shape index (κ3) is 1.52. The number of halogens is 2. The molecule has 2 aromatic rings. The third-order valence-electron chi connectivity index (χ3n) is 1.87. The molecule has 4 heteroatoms. The lowest BCUT2D eigenvalue weighted by Gasteiger charge is -2.02. The molecule has 0 aliphatic carbocycles. The predicted octanol–water partition coefficient (Wildman–Crippen LogP) is 2.30. The smallest absolute Gasteiger partial charge is 0.256 e. The molecule has 0 spiro atoms. The number of hydrogen-bond donors (Lipinski definition) is 0. The second kappa shape index (κ2) is 3.12. The van der Waals surface area contributed by atoms with Crippen molar-refractivity contribution in [2.75, 3.05) is 0 Å². The summed E-state index contributed by atoms with van der Waals surface area (Å²) in [5.41, 5.74) is 1.51. The molecule has 0 aliphatic rings. The number of aromatic nitrogens is 2. The largest absolute Gasteiger partial charge is 0.340 e. The summed E-state index contributed by atoms with van der Waals surface area (Å²) < 4.78 is 25.7. The van der Waals surface area contributed by atoms with Crippen molar-refractivity contribution in [3.8, 4) is 0 Å². The molecule has 0 atom stereocenters. The van der Waals surface area contributed by atoms with E-state index in [1.807, 2.05) is 0 Å². The summed E-state index contributed by atoms with van der Waals surface area (Å²) in [5.74, 6) is 0. The van der Waals surface area contributed by atoms with Crippen LogP contribution in [0.25, 0.3) is 11.0 Å². The Morgan fingerprint density at radius 3 is 3.00 bits per heavy atom. The first-order valence-corrected chi connectivity index (χ1v) is 3.95. The van der Waals surface area contributed by atoms with Gasteiger partial charge in [-0.2, -0.15) is 0 Å². The minimum absolute atomic E-state index is 0.269. The van der Waals surface area contributed by atoms with E-state index in [0.717, 1.165) is 11.0 Å². The number of alkyl halides is 2. The van der Waals surface area contributed by atoms with Crippen molar-refractivity contribution in [1.82, 2.24) is 9.55 Å². The van der Waals surface area contributed by atoms with Crippen molar-refractivity contribution < 1.29 is 8.78 Å². The SMILES string of the molecule is FC(F)Cn1ccc2ncccc21. The molecule has 0 aromatic carbocycles. The summed E-state index contributed by atoms with van der Waals surface area (Å²) in [7, 11) is 0. The van der Waals surface area contributed by atoms with E-state index in [9.17, 15) is 8.78 Å². The highest BCUT2D eigenvalue weighted by atomic mass is 19.3. The monoisotopic (exact) mass is 182 g/mol. The Morgan fingerprint density at radius 2 is 2.23 bits per heavy atom. The van der Waals surface area contributed by atoms with Crippen molar-refractivity contribution in [3.05, 3.63) is 30.6 Å². The number of fused-ring (bicyclic) bond motifs is 1. The summed E-state index contributed by atoms with van der Waals surface area (Å²) in [6.07, 6.45) is 0.953. The highest BCUT2D eigenvalue weighted by molar-refractivity contribution is 5.75. The van der Waals surface area contributed by atoms with Gasteiger partial charge in [-0.15, -0.1) is 0 Å². The Kier molecular flexibility index (Phi) is 1.96. The second-order valence-corrected chi connectivity index (χ2v) is 2.77. The first-order chi connectivity index (χ1) is 6.27. The van der Waals surface area contributed by atoms with Gasteiger partial charge in [0.2, 0.25) is 0 Å². The topological polar surface area (TPSA) is 17.8 Å². The molecular weight excluding hydrogens is 174 g/mol. The average molecular weight is 182 g/mol. The van der Waals surface area contributed by atoms with Crippen LogP contribution < -0.4 is 0 Å². The quantitative estimate of drug-likeness (QED) is 0.696. The van der Waals surface area contributed by atoms with E-state index in [1.165, 1.54) is 4.57 Å². The van der Waals surface area contributed by atoms with E-state index >= 15 is 0 Å². The van der Waals surface area contributed by atoms with Gasteiger partial charge in [0.1, 0.15) is 0 Å². The molecule has 0 saturated carbocycles. The Bertz CT molecular complexity index is 409. The maximum absolute atomic E-state index is 12.1. The van der Waals surface area contributed by atoms with Crippen molar-refractivity contribution in [1.29, 1.82) is 0 Å². The number of pyridine rings is 1. The summed E-state index contributed by atoms with van der Waals surface area (Å²) >= 11 is 0. The van der Waals surface area contributed by atoms with Crippen LogP contribution in [-0.4, -0.2) is 16.0 Å². The van der Waals surface area contributed by atoms with Crippen molar-refractivity contribution in [3.63, 3.8) is 0 Å². The van der Waals surface area contributed by atoms with Gasteiger partial charge < -0.3 is 4.57 Å². The van der Waals surface area contributed by atoms with Crippen LogP contribution >= 0.6 is 0 Å². The maximum atomic E-state index is 12.1. The summed E-state index contributed by atoms with van der Waals surface area (Å²) in [5, 5.41) is 0. The zero-order valence-corrected chi connectivity index (χ0v) is 6.82. The highest BCUT2D eigenvalue weighted by Gasteiger charge is 2.06. The van der Waals surface area contributed by atoms with Crippen LogP contribution in [0.15, 0.2) is 30.6 Å². The molecule has 2 rings (SSSR count). The Balaban J connectivity index is 2.46. The van der Waals surface area contributed by atoms with Gasteiger partial charge >= 0.3 is 0 Å². The molecule has 68 valence electrons. The Hall–Kier alpha value is -1.45. The zero-order chi connectivity index (χ0) is 9.26. The van der Waals surface area contributed by atoms with E-state index in [4.69, 9.17) is 0 Å². The molecule has 0 aliphatic heterocycles. The van der Waals surface area contributed by atoms with Crippen LogP contribution in [0.4, 0.5) is 8.78 Å². The normalized spacial score (nSPS) is 11.3. The first kappa shape index (κ1) is 8.16. The van der Waals surface area contributed by atoms with Gasteiger partial charge in [0.05, 0.1) is 17.6 Å². The van der Waals surface area contributed by atoms with Crippen LogP contribution in [0.1, 0.15) is 0 Å². The van der Waals surface area contributed by atoms with Crippen LogP contribution in [0, 0.1) is 0 Å². The molecular formula is C9H8F2N2. The van der Waals surface area contributed by atoms with Gasteiger partial charge in [-0.25, -0.2) is 8.78 Å². The van der Waals surface area contributed by atoms with Crippen molar-refractivity contribution in [2.45, 2.75) is 13.0 Å². The number of rotatable bonds is 2. The van der Waals surface area contributed by atoms with Gasteiger partial charge in [-0.3, -0.25) is 4.98 Å². The molecule has 0 N–H and O–H groups in total. The molecule has 0 radical (unpaired) electrons. The highest BCUT2D eigenvalue weighted by Crippen LogP contribution is 2.13. The van der Waals surface area contributed by atoms with E-state index in [-0.39, 0.29) is 6.54 Å². The van der Waals surface area contributed by atoms with E-state index in [2.05, 4.69) is 4.98 Å². The lowest BCUT2D eigenvalue weighted by atomic mass is 10.4. The van der Waals surface area contributed by atoms with Gasteiger partial charge in [-0.05, 0) is 18.2 Å². The van der Waals surface area contributed by atoms with E-state index in [1.54, 1.807) is 30.6 Å². The van der Waals surface area contributed by atoms with Gasteiger partial charge in [0, 0.05) is 12.4 Å². The molecule has 0 amide bonds. The molecule has 2 heterocycles. The van der Waals surface area contributed by atoms with E-state index < -0.39 is 6.43 Å². The summed E-state index contributed by atoms with van der Waals surface area (Å²) in [4.78, 5) is 4.04. The van der Waals surface area contributed by atoms with Crippen molar-refractivity contribution >= 4 is 11.0 Å². The standard InChI is InChI=1S/C9H8F2N2/c10-9(11)6-13-5-3-7-8(13)2-1-4-12-7/h1-5,9H,6H2. The predicted molar refractivity (Wildman–Crippen MR) is 45.7 cm³/mol. The van der Waals surface area contributed by atoms with Gasteiger partial charge in [-0.1, -0.05) is 0 Å². The van der Waals surface area contributed by atoms with Crippen LogP contribution in [0.3, 0.4) is 0 Å². The number of hydrogen-bond acceptors (Lipinski definition) is 1. The molecule has 13 heavy (non-hydrogen) atoms. The maximum Gasteiger partial charge on any atom is 0.256 e. The summed E-state index contributed by atoms with van der Waals surface area (Å²) in [6, 6.07) is 5.26. The molecule has 2 nitrogen and oxygen atoms in total. The molecule has 0 bridgehead atoms.